The van der Waals surface area contributed by atoms with Crippen LogP contribution in [0.2, 0.25) is 0 Å². The predicted octanol–water partition coefficient (Wildman–Crippen LogP) is 2.00. The van der Waals surface area contributed by atoms with Gasteiger partial charge in [0, 0.05) is 24.8 Å². The van der Waals surface area contributed by atoms with Gasteiger partial charge in [0.05, 0.1) is 12.0 Å². The van der Waals surface area contributed by atoms with E-state index in [-0.39, 0.29) is 6.61 Å². The molecule has 1 spiro atoms. The summed E-state index contributed by atoms with van der Waals surface area (Å²) in [6.07, 6.45) is 9.27. The molecule has 0 amide bonds. The zero-order valence-corrected chi connectivity index (χ0v) is 15.5. The van der Waals surface area contributed by atoms with E-state index < -0.39 is 0 Å². The number of nitrogens with one attached hydrogen (secondary N) is 1. The molecular weight excluding hydrogens is 330 g/mol. The van der Waals surface area contributed by atoms with Gasteiger partial charge >= 0.3 is 0 Å². The average Bonchev–Trinajstić information content (AvgIpc) is 3.31. The first-order valence-electron chi connectivity index (χ1n) is 8.99. The van der Waals surface area contributed by atoms with E-state index in [1.165, 1.54) is 32.2 Å². The van der Waals surface area contributed by atoms with Crippen LogP contribution >= 0.6 is 0 Å². The fourth-order valence-corrected chi connectivity index (χ4v) is 3.99. The lowest BCUT2D eigenvalue weighted by molar-refractivity contribution is -0.110. The molecule has 2 N–H and O–H groups in total. The van der Waals surface area contributed by atoms with E-state index in [1.807, 2.05) is 6.20 Å². The molecule has 7 nitrogen and oxygen atoms in total. The molecule has 7 heteroatoms. The number of rotatable bonds is 2. The number of aromatic nitrogens is 3. The molecule has 4 heterocycles. The zero-order valence-electron chi connectivity index (χ0n) is 15.5. The number of H-pyrrole nitrogens is 1. The Morgan fingerprint density at radius 3 is 2.65 bits per heavy atom. The Morgan fingerprint density at radius 2 is 2.00 bits per heavy atom. The zero-order chi connectivity index (χ0) is 19.0. The van der Waals surface area contributed by atoms with Crippen LogP contribution in [0, 0.1) is 0 Å². The number of carbonyl (C=O) groups excluding carboxylic acids is 1. The van der Waals surface area contributed by atoms with Crippen LogP contribution in [0.3, 0.4) is 0 Å². The van der Waals surface area contributed by atoms with Crippen LogP contribution in [0.15, 0.2) is 31.7 Å². The van der Waals surface area contributed by atoms with Gasteiger partial charge in [0.15, 0.2) is 0 Å². The van der Waals surface area contributed by atoms with E-state index in [0.717, 1.165) is 29.9 Å². The minimum atomic E-state index is -0.361. The number of aldehydes is 1. The maximum atomic E-state index is 8.92. The van der Waals surface area contributed by atoms with Crippen molar-refractivity contribution < 1.29 is 9.90 Å². The molecule has 1 unspecified atom stereocenters. The molecule has 0 bridgehead atoms. The van der Waals surface area contributed by atoms with Crippen molar-refractivity contribution in [1.29, 1.82) is 0 Å². The topological polar surface area (TPSA) is 85.4 Å². The summed E-state index contributed by atoms with van der Waals surface area (Å²) in [4.78, 5) is 26.0. The van der Waals surface area contributed by atoms with E-state index in [9.17, 15) is 0 Å². The molecule has 0 saturated carbocycles. The lowest BCUT2D eigenvalue weighted by Crippen LogP contribution is -2.54. The van der Waals surface area contributed by atoms with Gasteiger partial charge in [0.2, 0.25) is 0 Å². The first-order chi connectivity index (χ1) is 12.7. The second-order valence-corrected chi connectivity index (χ2v) is 6.56. The van der Waals surface area contributed by atoms with Gasteiger partial charge in [-0.15, -0.1) is 13.2 Å². The number of nitrogens with zero attached hydrogens (tertiary/aromatic N) is 4. The third kappa shape index (κ3) is 4.11. The van der Waals surface area contributed by atoms with Crippen LogP contribution in [-0.2, 0) is 4.79 Å². The average molecular weight is 359 g/mol. The summed E-state index contributed by atoms with van der Waals surface area (Å²) < 4.78 is 0. The summed E-state index contributed by atoms with van der Waals surface area (Å²) in [6.45, 7) is 9.07. The van der Waals surface area contributed by atoms with Crippen LogP contribution in [-0.4, -0.2) is 70.1 Å². The van der Waals surface area contributed by atoms with Crippen molar-refractivity contribution in [3.05, 3.63) is 31.7 Å². The highest BCUT2D eigenvalue weighted by atomic mass is 16.3. The van der Waals surface area contributed by atoms with E-state index >= 15 is 0 Å². The summed E-state index contributed by atoms with van der Waals surface area (Å²) in [7, 11) is 2.28. The maximum absolute atomic E-state index is 8.92. The Morgan fingerprint density at radius 1 is 1.31 bits per heavy atom. The molecule has 0 aromatic carbocycles. The molecule has 2 aromatic rings. The standard InChI is InChI=1S/C15H21N5.C2H4O2.C2H4/c1-19-8-2-5-15(19)6-3-9-20(10-15)14-12-4-7-16-13(12)17-11-18-14;3-1-2-4;1-2/h4,7,11H,2-3,5-6,8-10H2,1H3,(H,16,17,18);1,4H,2H2;1-2H2. The Labute approximate surface area is 154 Å². The van der Waals surface area contributed by atoms with E-state index in [2.05, 4.69) is 51.0 Å². The second kappa shape index (κ2) is 9.45. The molecule has 26 heavy (non-hydrogen) atoms. The van der Waals surface area contributed by atoms with Gasteiger partial charge < -0.3 is 19.8 Å². The SMILES string of the molecule is C=C.CN1CCCC12CCCN(c1ncnc3[nH]ccc13)C2.O=CCO. The van der Waals surface area contributed by atoms with Gasteiger partial charge in [0.25, 0.3) is 0 Å². The smallest absolute Gasteiger partial charge is 0.145 e. The van der Waals surface area contributed by atoms with Crippen molar-refractivity contribution in [2.24, 2.45) is 0 Å². The number of anilines is 1. The Hall–Kier alpha value is -2.25. The molecule has 2 aliphatic rings. The first kappa shape index (κ1) is 20.1. The molecule has 2 aliphatic heterocycles. The predicted molar refractivity (Wildman–Crippen MR) is 104 cm³/mol. The van der Waals surface area contributed by atoms with Gasteiger partial charge in [-0.3, -0.25) is 4.90 Å². The van der Waals surface area contributed by atoms with Crippen LogP contribution in [0.25, 0.3) is 11.0 Å². The van der Waals surface area contributed by atoms with Crippen LogP contribution in [0.1, 0.15) is 25.7 Å². The van der Waals surface area contributed by atoms with Gasteiger partial charge in [-0.2, -0.15) is 0 Å². The van der Waals surface area contributed by atoms with E-state index in [0.29, 0.717) is 11.8 Å². The van der Waals surface area contributed by atoms with Gasteiger partial charge in [0.1, 0.15) is 24.1 Å². The Bertz CT molecular complexity index is 704. The molecule has 2 fully saturated rings. The number of hydrogen-bond acceptors (Lipinski definition) is 6. The molecule has 1 atom stereocenters. The molecule has 2 saturated heterocycles. The number of fused-ring (bicyclic) bond motifs is 1. The maximum Gasteiger partial charge on any atom is 0.145 e. The van der Waals surface area contributed by atoms with Crippen LogP contribution in [0.5, 0.6) is 0 Å². The summed E-state index contributed by atoms with van der Waals surface area (Å²) in [5, 5.41) is 8.65. The first-order valence-corrected chi connectivity index (χ1v) is 8.99. The molecule has 0 radical (unpaired) electrons. The van der Waals surface area contributed by atoms with Crippen LogP contribution < -0.4 is 4.90 Å². The number of piperidine rings is 1. The lowest BCUT2D eigenvalue weighted by atomic mass is 9.86. The molecule has 2 aromatic heterocycles. The summed E-state index contributed by atoms with van der Waals surface area (Å²) in [5.74, 6) is 1.09. The second-order valence-electron chi connectivity index (χ2n) is 6.56. The van der Waals surface area contributed by atoms with Gasteiger partial charge in [-0.1, -0.05) is 0 Å². The fraction of sp³-hybridized carbons (Fsp3) is 0.526. The van der Waals surface area contributed by atoms with E-state index in [4.69, 9.17) is 9.90 Å². The number of aromatic amines is 1. The highest BCUT2D eigenvalue weighted by Gasteiger charge is 2.42. The minimum Gasteiger partial charge on any atom is -0.389 e. The number of carbonyl (C=O) groups is 1. The summed E-state index contributed by atoms with van der Waals surface area (Å²) >= 11 is 0. The molecule has 142 valence electrons. The minimum absolute atomic E-state index is 0.361. The normalized spacial score (nSPS) is 22.5. The number of hydrogen-bond donors (Lipinski definition) is 2. The summed E-state index contributed by atoms with van der Waals surface area (Å²) in [6, 6.07) is 2.09. The van der Waals surface area contributed by atoms with Crippen molar-refractivity contribution in [3.8, 4) is 0 Å². The fourth-order valence-electron chi connectivity index (χ4n) is 3.99. The van der Waals surface area contributed by atoms with Gasteiger partial charge in [-0.25, -0.2) is 9.97 Å². The number of aliphatic hydroxyl groups excluding tert-OH is 1. The number of aliphatic hydroxyl groups is 1. The van der Waals surface area contributed by atoms with Gasteiger partial charge in [-0.05, 0) is 45.3 Å². The number of likely N-dealkylation sites (tertiary alicyclic amines) is 1. The van der Waals surface area contributed by atoms with Crippen molar-refractivity contribution in [3.63, 3.8) is 0 Å². The Kier molecular flexibility index (Phi) is 7.29. The van der Waals surface area contributed by atoms with Crippen molar-refractivity contribution >= 4 is 23.1 Å². The third-order valence-corrected chi connectivity index (χ3v) is 5.21. The van der Waals surface area contributed by atoms with Crippen molar-refractivity contribution in [2.75, 3.05) is 38.2 Å². The molecule has 4 rings (SSSR count). The lowest BCUT2D eigenvalue weighted by Gasteiger charge is -2.45. The largest absolute Gasteiger partial charge is 0.389 e. The van der Waals surface area contributed by atoms with Crippen molar-refractivity contribution in [2.45, 2.75) is 31.2 Å². The summed E-state index contributed by atoms with van der Waals surface area (Å²) in [5.41, 5.74) is 1.31. The Balaban J connectivity index is 0.000000361. The molecular formula is C19H29N5O2. The molecule has 0 aliphatic carbocycles. The van der Waals surface area contributed by atoms with Crippen molar-refractivity contribution in [1.82, 2.24) is 19.9 Å². The quantitative estimate of drug-likeness (QED) is 0.630. The van der Waals surface area contributed by atoms with E-state index in [1.54, 1.807) is 6.33 Å². The third-order valence-electron chi connectivity index (χ3n) is 5.21. The van der Waals surface area contributed by atoms with Crippen LogP contribution in [0.4, 0.5) is 5.82 Å². The highest BCUT2D eigenvalue weighted by molar-refractivity contribution is 5.87. The number of likely N-dealkylation sites (N-methyl/N-ethyl adjacent to an activating group) is 1. The monoisotopic (exact) mass is 359 g/mol. The highest BCUT2D eigenvalue weighted by Crippen LogP contribution is 2.38.